The maximum atomic E-state index is 13.6. The predicted molar refractivity (Wildman–Crippen MR) is 157 cm³/mol. The standard InChI is InChI=1S/C31H32N6O5/c1-16-25(17(2)42-35-16)22-14-23-21(15-24(22)39-5)26-27(32-18(3)33-30(26)34-23)19-6-7-20(29-28(19)40-12-13-41-29)31(38)37-10-8-36(4)9-11-37/h6-7,14-15H,8-13H2,1-5H3,(H,32,33,34). The lowest BCUT2D eigenvalue weighted by atomic mass is 9.98. The normalized spacial score (nSPS) is 15.5. The number of H-pyrrole nitrogens is 1. The van der Waals surface area contributed by atoms with E-state index in [0.29, 0.717) is 72.0 Å². The van der Waals surface area contributed by atoms with Crippen LogP contribution in [0.3, 0.4) is 0 Å². The van der Waals surface area contributed by atoms with Crippen LogP contribution in [0.4, 0.5) is 0 Å². The molecule has 11 nitrogen and oxygen atoms in total. The molecular weight excluding hydrogens is 536 g/mol. The minimum atomic E-state index is -0.0518. The van der Waals surface area contributed by atoms with Crippen LogP contribution in [0.25, 0.3) is 44.3 Å². The molecule has 7 rings (SSSR count). The van der Waals surface area contributed by atoms with Gasteiger partial charge in [0, 0.05) is 48.2 Å². The first-order valence-electron chi connectivity index (χ1n) is 14.1. The Labute approximate surface area is 242 Å². The van der Waals surface area contributed by atoms with Gasteiger partial charge in [0.05, 0.1) is 35.0 Å². The molecule has 1 fully saturated rings. The van der Waals surface area contributed by atoms with Gasteiger partial charge in [-0.25, -0.2) is 9.97 Å². The summed E-state index contributed by atoms with van der Waals surface area (Å²) >= 11 is 0. The van der Waals surface area contributed by atoms with E-state index in [9.17, 15) is 4.79 Å². The summed E-state index contributed by atoms with van der Waals surface area (Å²) in [7, 11) is 3.72. The van der Waals surface area contributed by atoms with Gasteiger partial charge in [-0.1, -0.05) is 5.16 Å². The van der Waals surface area contributed by atoms with Gasteiger partial charge in [-0.2, -0.15) is 0 Å². The molecule has 0 atom stereocenters. The Hall–Kier alpha value is -4.64. The zero-order chi connectivity index (χ0) is 29.1. The van der Waals surface area contributed by atoms with Gasteiger partial charge in [0.1, 0.15) is 36.2 Å². The second-order valence-corrected chi connectivity index (χ2v) is 10.9. The second-order valence-electron chi connectivity index (χ2n) is 10.9. The molecule has 3 aromatic heterocycles. The lowest BCUT2D eigenvalue weighted by molar-refractivity contribution is 0.0654. The number of hydrogen-bond acceptors (Lipinski definition) is 9. The third-order valence-corrected chi connectivity index (χ3v) is 8.15. The van der Waals surface area contributed by atoms with Crippen molar-refractivity contribution < 1.29 is 23.5 Å². The SMILES string of the molecule is COc1cc2c(cc1-c1c(C)noc1C)[nH]c1nc(C)nc(-c3ccc(C(=O)N4CCN(C)CC4)c4c3OCCO4)c12. The summed E-state index contributed by atoms with van der Waals surface area (Å²) in [5.41, 5.74) is 6.05. The molecule has 5 heterocycles. The number of benzene rings is 2. The maximum Gasteiger partial charge on any atom is 0.257 e. The minimum Gasteiger partial charge on any atom is -0.496 e. The van der Waals surface area contributed by atoms with Crippen molar-refractivity contribution in [2.75, 3.05) is 53.6 Å². The molecule has 42 heavy (non-hydrogen) atoms. The average Bonchev–Trinajstić information content (AvgIpc) is 3.52. The molecule has 2 aliphatic rings. The number of methoxy groups -OCH3 is 1. The molecule has 1 saturated heterocycles. The maximum absolute atomic E-state index is 13.6. The molecule has 2 aliphatic heterocycles. The fraction of sp³-hybridized carbons (Fsp3) is 0.355. The largest absolute Gasteiger partial charge is 0.496 e. The number of aromatic nitrogens is 4. The van der Waals surface area contributed by atoms with Crippen LogP contribution >= 0.6 is 0 Å². The average molecular weight is 569 g/mol. The van der Waals surface area contributed by atoms with Crippen LogP contribution in [-0.4, -0.2) is 89.4 Å². The molecule has 0 saturated carbocycles. The Balaban J connectivity index is 1.41. The van der Waals surface area contributed by atoms with Gasteiger partial charge in [0.25, 0.3) is 5.91 Å². The topological polar surface area (TPSA) is 119 Å². The highest BCUT2D eigenvalue weighted by atomic mass is 16.6. The number of piperazine rings is 1. The van der Waals surface area contributed by atoms with Gasteiger partial charge in [0.2, 0.25) is 0 Å². The Morgan fingerprint density at radius 3 is 2.45 bits per heavy atom. The highest BCUT2D eigenvalue weighted by Gasteiger charge is 2.30. The van der Waals surface area contributed by atoms with E-state index in [2.05, 4.69) is 22.1 Å². The van der Waals surface area contributed by atoms with Crippen LogP contribution in [0.1, 0.15) is 27.6 Å². The van der Waals surface area contributed by atoms with Crippen LogP contribution in [0, 0.1) is 20.8 Å². The van der Waals surface area contributed by atoms with Gasteiger partial charge in [-0.3, -0.25) is 4.79 Å². The molecule has 0 spiro atoms. The van der Waals surface area contributed by atoms with E-state index in [1.807, 2.05) is 49.9 Å². The predicted octanol–water partition coefficient (Wildman–Crippen LogP) is 4.53. The smallest absolute Gasteiger partial charge is 0.257 e. The number of carbonyl (C=O) groups is 1. The minimum absolute atomic E-state index is 0.0518. The second kappa shape index (κ2) is 10.0. The highest BCUT2D eigenvalue weighted by Crippen LogP contribution is 2.46. The third-order valence-electron chi connectivity index (χ3n) is 8.15. The molecule has 5 aromatic rings. The first-order valence-corrected chi connectivity index (χ1v) is 14.1. The number of ether oxygens (including phenoxy) is 3. The van der Waals surface area contributed by atoms with Gasteiger partial charge in [0.15, 0.2) is 11.5 Å². The Bertz CT molecular complexity index is 1850. The fourth-order valence-corrected chi connectivity index (χ4v) is 6.03. The quantitative estimate of drug-likeness (QED) is 0.334. The lowest BCUT2D eigenvalue weighted by Crippen LogP contribution is -2.47. The van der Waals surface area contributed by atoms with Crippen LogP contribution in [0.2, 0.25) is 0 Å². The van der Waals surface area contributed by atoms with Crippen LogP contribution in [-0.2, 0) is 0 Å². The number of nitrogens with zero attached hydrogens (tertiary/aromatic N) is 5. The van der Waals surface area contributed by atoms with Gasteiger partial charge < -0.3 is 33.5 Å². The number of rotatable bonds is 4. The van der Waals surface area contributed by atoms with Gasteiger partial charge in [-0.05, 0) is 52.1 Å². The number of aryl methyl sites for hydroxylation is 3. The zero-order valence-electron chi connectivity index (χ0n) is 24.3. The van der Waals surface area contributed by atoms with Gasteiger partial charge in [-0.15, -0.1) is 0 Å². The molecule has 216 valence electrons. The monoisotopic (exact) mass is 568 g/mol. The van der Waals surface area contributed by atoms with E-state index in [1.165, 1.54) is 0 Å². The number of aromatic amines is 1. The first kappa shape index (κ1) is 26.3. The Kier molecular flexibility index (Phi) is 6.27. The molecule has 1 N–H and O–H groups in total. The van der Waals surface area contributed by atoms with Crippen molar-refractivity contribution in [2.24, 2.45) is 0 Å². The van der Waals surface area contributed by atoms with Crippen molar-refractivity contribution in [3.63, 3.8) is 0 Å². The third kappa shape index (κ3) is 4.14. The van der Waals surface area contributed by atoms with E-state index >= 15 is 0 Å². The Morgan fingerprint density at radius 1 is 0.976 bits per heavy atom. The van der Waals surface area contributed by atoms with Crippen molar-refractivity contribution in [1.82, 2.24) is 29.9 Å². The molecule has 2 aromatic carbocycles. The number of nitrogens with one attached hydrogen (secondary N) is 1. The molecular formula is C31H32N6O5. The number of carbonyl (C=O) groups excluding carboxylic acids is 1. The molecule has 0 unspecified atom stereocenters. The number of hydrogen-bond donors (Lipinski definition) is 1. The van der Waals surface area contributed by atoms with Crippen molar-refractivity contribution >= 4 is 27.8 Å². The molecule has 0 bridgehead atoms. The zero-order valence-corrected chi connectivity index (χ0v) is 24.3. The van der Waals surface area contributed by atoms with E-state index in [0.717, 1.165) is 51.8 Å². The number of amides is 1. The number of fused-ring (bicyclic) bond motifs is 4. The summed E-state index contributed by atoms with van der Waals surface area (Å²) in [6.07, 6.45) is 0. The summed E-state index contributed by atoms with van der Waals surface area (Å²) in [6.45, 7) is 9.43. The van der Waals surface area contributed by atoms with E-state index in [4.69, 9.17) is 28.7 Å². The van der Waals surface area contributed by atoms with Crippen LogP contribution in [0.5, 0.6) is 17.2 Å². The first-order chi connectivity index (χ1) is 20.3. The molecule has 1 amide bonds. The summed E-state index contributed by atoms with van der Waals surface area (Å²) in [5.74, 6) is 2.93. The molecule has 0 radical (unpaired) electrons. The summed E-state index contributed by atoms with van der Waals surface area (Å²) in [6, 6.07) is 7.77. The molecule has 0 aliphatic carbocycles. The number of likely N-dealkylation sites (N-methyl/N-ethyl adjacent to an activating group) is 1. The summed E-state index contributed by atoms with van der Waals surface area (Å²) < 4.78 is 23.6. The summed E-state index contributed by atoms with van der Waals surface area (Å²) in [4.78, 5) is 30.8. The Morgan fingerprint density at radius 2 is 1.74 bits per heavy atom. The van der Waals surface area contributed by atoms with Crippen molar-refractivity contribution in [3.8, 4) is 39.6 Å². The molecule has 11 heteroatoms. The van der Waals surface area contributed by atoms with E-state index < -0.39 is 0 Å². The highest BCUT2D eigenvalue weighted by molar-refractivity contribution is 6.14. The van der Waals surface area contributed by atoms with Crippen molar-refractivity contribution in [1.29, 1.82) is 0 Å². The van der Waals surface area contributed by atoms with E-state index in [1.54, 1.807) is 7.11 Å². The fourth-order valence-electron chi connectivity index (χ4n) is 6.03. The van der Waals surface area contributed by atoms with Crippen molar-refractivity contribution in [2.45, 2.75) is 20.8 Å². The lowest BCUT2D eigenvalue weighted by Gasteiger charge is -2.33. The van der Waals surface area contributed by atoms with Crippen LogP contribution in [0.15, 0.2) is 28.8 Å². The van der Waals surface area contributed by atoms with Crippen LogP contribution < -0.4 is 14.2 Å². The summed E-state index contributed by atoms with van der Waals surface area (Å²) in [5, 5.41) is 5.86. The van der Waals surface area contributed by atoms with E-state index in [-0.39, 0.29) is 5.91 Å². The van der Waals surface area contributed by atoms with Crippen molar-refractivity contribution in [3.05, 3.63) is 47.1 Å². The van der Waals surface area contributed by atoms with Gasteiger partial charge >= 0.3 is 0 Å².